The van der Waals surface area contributed by atoms with Gasteiger partial charge in [0.25, 0.3) is 11.8 Å². The molecule has 1 fully saturated rings. The van der Waals surface area contributed by atoms with Gasteiger partial charge in [0, 0.05) is 6.04 Å². The molecule has 72 valence electrons. The van der Waals surface area contributed by atoms with E-state index in [2.05, 4.69) is 0 Å². The number of imide groups is 2. The molecule has 0 spiro atoms. The lowest BCUT2D eigenvalue weighted by molar-refractivity contribution is -0.139. The van der Waals surface area contributed by atoms with E-state index in [9.17, 15) is 14.4 Å². The van der Waals surface area contributed by atoms with Crippen LogP contribution in [0.4, 0.5) is 4.79 Å². The second-order valence-electron chi connectivity index (χ2n) is 3.07. The molecule has 4 amide bonds. The van der Waals surface area contributed by atoms with Crippen LogP contribution in [0.5, 0.6) is 0 Å². The van der Waals surface area contributed by atoms with Gasteiger partial charge in [-0.05, 0) is 13.8 Å². The summed E-state index contributed by atoms with van der Waals surface area (Å²) in [6.45, 7) is 3.33. The maximum Gasteiger partial charge on any atom is 0.331 e. The van der Waals surface area contributed by atoms with E-state index in [4.69, 9.17) is 5.73 Å². The van der Waals surface area contributed by atoms with Crippen LogP contribution in [0.3, 0.4) is 0 Å². The zero-order valence-corrected chi connectivity index (χ0v) is 7.40. The monoisotopic (exact) mass is 185 g/mol. The second-order valence-corrected chi connectivity index (χ2v) is 3.07. The van der Waals surface area contributed by atoms with Gasteiger partial charge in [-0.1, -0.05) is 0 Å². The van der Waals surface area contributed by atoms with Gasteiger partial charge in [-0.3, -0.25) is 19.8 Å². The molecule has 1 unspecified atom stereocenters. The minimum absolute atomic E-state index is 0.299. The third-order valence-electron chi connectivity index (χ3n) is 1.75. The summed E-state index contributed by atoms with van der Waals surface area (Å²) in [6.07, 6.45) is 0. The molecule has 0 aromatic carbocycles. The lowest BCUT2D eigenvalue weighted by Gasteiger charge is -2.30. The Balaban J connectivity index is 2.92. The maximum atomic E-state index is 11.3. The number of carbonyl (C=O) groups is 3. The van der Waals surface area contributed by atoms with Gasteiger partial charge in [0.15, 0.2) is 6.04 Å². The number of amides is 4. The fraction of sp³-hybridized carbons (Fsp3) is 0.571. The highest BCUT2D eigenvalue weighted by atomic mass is 16.2. The number of barbiturate groups is 1. The van der Waals surface area contributed by atoms with Crippen LogP contribution in [-0.2, 0) is 9.59 Å². The Kier molecular flexibility index (Phi) is 2.33. The highest BCUT2D eigenvalue weighted by Gasteiger charge is 2.39. The summed E-state index contributed by atoms with van der Waals surface area (Å²) < 4.78 is 0. The summed E-state index contributed by atoms with van der Waals surface area (Å²) in [6, 6.07) is -2.27. The van der Waals surface area contributed by atoms with E-state index in [1.807, 2.05) is 5.32 Å². The number of hydrogen-bond donors (Lipinski definition) is 2. The second kappa shape index (κ2) is 3.14. The molecule has 1 rings (SSSR count). The number of rotatable bonds is 1. The van der Waals surface area contributed by atoms with Gasteiger partial charge in [0.05, 0.1) is 0 Å². The van der Waals surface area contributed by atoms with E-state index in [0.29, 0.717) is 0 Å². The summed E-state index contributed by atoms with van der Waals surface area (Å²) >= 11 is 0. The highest BCUT2D eigenvalue weighted by Crippen LogP contribution is 2.06. The molecule has 1 aliphatic heterocycles. The molecule has 1 heterocycles. The molecule has 0 bridgehead atoms. The molecule has 0 aromatic rings. The van der Waals surface area contributed by atoms with Gasteiger partial charge in [0.2, 0.25) is 0 Å². The van der Waals surface area contributed by atoms with Crippen molar-refractivity contribution >= 4 is 17.8 Å². The van der Waals surface area contributed by atoms with Crippen molar-refractivity contribution in [3.8, 4) is 0 Å². The molecule has 13 heavy (non-hydrogen) atoms. The molecule has 1 aliphatic rings. The largest absolute Gasteiger partial charge is 0.331 e. The van der Waals surface area contributed by atoms with Crippen molar-refractivity contribution in [2.24, 2.45) is 5.73 Å². The number of nitrogens with two attached hydrogens (primary N) is 1. The first-order valence-electron chi connectivity index (χ1n) is 3.88. The van der Waals surface area contributed by atoms with Crippen LogP contribution in [0.25, 0.3) is 0 Å². The SMILES string of the molecule is CC(C)N1C(=O)NC(=O)C(N)C1=O. The van der Waals surface area contributed by atoms with E-state index < -0.39 is 23.9 Å². The van der Waals surface area contributed by atoms with Gasteiger partial charge in [0.1, 0.15) is 0 Å². The maximum absolute atomic E-state index is 11.3. The van der Waals surface area contributed by atoms with Gasteiger partial charge < -0.3 is 5.73 Å². The van der Waals surface area contributed by atoms with Gasteiger partial charge in [-0.25, -0.2) is 4.79 Å². The van der Waals surface area contributed by atoms with E-state index in [-0.39, 0.29) is 6.04 Å². The average Bonchev–Trinajstić information content (AvgIpc) is 1.99. The Morgan fingerprint density at radius 3 is 2.38 bits per heavy atom. The van der Waals surface area contributed by atoms with Crippen molar-refractivity contribution < 1.29 is 14.4 Å². The first-order valence-corrected chi connectivity index (χ1v) is 3.88. The summed E-state index contributed by atoms with van der Waals surface area (Å²) in [5.74, 6) is -1.39. The van der Waals surface area contributed by atoms with Crippen LogP contribution in [0, 0.1) is 0 Å². The lowest BCUT2D eigenvalue weighted by atomic mass is 10.2. The van der Waals surface area contributed by atoms with Gasteiger partial charge in [-0.2, -0.15) is 0 Å². The predicted molar refractivity (Wildman–Crippen MR) is 43.5 cm³/mol. The van der Waals surface area contributed by atoms with E-state index in [0.717, 1.165) is 4.90 Å². The molecule has 0 radical (unpaired) electrons. The van der Waals surface area contributed by atoms with Crippen molar-refractivity contribution in [2.45, 2.75) is 25.9 Å². The van der Waals surface area contributed by atoms with Crippen molar-refractivity contribution in [3.63, 3.8) is 0 Å². The molecule has 6 nitrogen and oxygen atoms in total. The normalized spacial score (nSPS) is 23.8. The Bertz CT molecular complexity index is 274. The third-order valence-corrected chi connectivity index (χ3v) is 1.75. The van der Waals surface area contributed by atoms with Crippen LogP contribution in [-0.4, -0.2) is 34.8 Å². The molecule has 1 saturated heterocycles. The first-order chi connectivity index (χ1) is 5.95. The zero-order chi connectivity index (χ0) is 10.2. The Labute approximate surface area is 75.1 Å². The van der Waals surface area contributed by atoms with Crippen LogP contribution in [0.2, 0.25) is 0 Å². The Morgan fingerprint density at radius 2 is 1.92 bits per heavy atom. The number of carbonyl (C=O) groups excluding carboxylic acids is 3. The fourth-order valence-electron chi connectivity index (χ4n) is 1.09. The predicted octanol–water partition coefficient (Wildman–Crippen LogP) is -1.20. The van der Waals surface area contributed by atoms with Crippen LogP contribution >= 0.6 is 0 Å². The van der Waals surface area contributed by atoms with E-state index >= 15 is 0 Å². The Morgan fingerprint density at radius 1 is 1.38 bits per heavy atom. The van der Waals surface area contributed by atoms with Crippen LogP contribution in [0.1, 0.15) is 13.8 Å². The highest BCUT2D eigenvalue weighted by molar-refractivity contribution is 6.18. The summed E-state index contributed by atoms with van der Waals surface area (Å²) in [4.78, 5) is 34.2. The van der Waals surface area contributed by atoms with E-state index in [1.165, 1.54) is 0 Å². The minimum Gasteiger partial charge on any atom is -0.312 e. The van der Waals surface area contributed by atoms with E-state index in [1.54, 1.807) is 13.8 Å². The molecule has 0 aliphatic carbocycles. The molecule has 0 saturated carbocycles. The van der Waals surface area contributed by atoms with Crippen molar-refractivity contribution in [1.82, 2.24) is 10.2 Å². The lowest BCUT2D eigenvalue weighted by Crippen LogP contribution is -2.65. The average molecular weight is 185 g/mol. The zero-order valence-electron chi connectivity index (χ0n) is 7.40. The minimum atomic E-state index is -1.26. The molecule has 1 atom stereocenters. The van der Waals surface area contributed by atoms with Gasteiger partial charge in [-0.15, -0.1) is 0 Å². The van der Waals surface area contributed by atoms with Crippen molar-refractivity contribution in [1.29, 1.82) is 0 Å². The number of urea groups is 1. The molecular weight excluding hydrogens is 174 g/mol. The summed E-state index contributed by atoms with van der Waals surface area (Å²) in [7, 11) is 0. The Hall–Kier alpha value is -1.43. The first kappa shape index (κ1) is 9.66. The van der Waals surface area contributed by atoms with Crippen molar-refractivity contribution in [2.75, 3.05) is 0 Å². The molecular formula is C7H11N3O3. The quantitative estimate of drug-likeness (QED) is 0.502. The standard InChI is InChI=1S/C7H11N3O3/c1-3(2)10-6(12)4(8)5(11)9-7(10)13/h3-4H,8H2,1-2H3,(H,9,11,13). The van der Waals surface area contributed by atoms with Crippen molar-refractivity contribution in [3.05, 3.63) is 0 Å². The fourth-order valence-corrected chi connectivity index (χ4v) is 1.09. The molecule has 6 heteroatoms. The summed E-state index contributed by atoms with van der Waals surface area (Å²) in [5.41, 5.74) is 5.26. The molecule has 3 N–H and O–H groups in total. The summed E-state index contributed by atoms with van der Waals surface area (Å²) in [5, 5.41) is 1.99. The van der Waals surface area contributed by atoms with Crippen LogP contribution in [0.15, 0.2) is 0 Å². The van der Waals surface area contributed by atoms with Crippen LogP contribution < -0.4 is 11.1 Å². The topological polar surface area (TPSA) is 92.5 Å². The van der Waals surface area contributed by atoms with Gasteiger partial charge >= 0.3 is 6.03 Å². The number of nitrogens with zero attached hydrogens (tertiary/aromatic N) is 1. The number of hydrogen-bond acceptors (Lipinski definition) is 4. The molecule has 0 aromatic heterocycles. The number of nitrogens with one attached hydrogen (secondary N) is 1. The smallest absolute Gasteiger partial charge is 0.312 e. The third kappa shape index (κ3) is 1.52.